The number of hydrogen-bond donors (Lipinski definition) is 0. The Morgan fingerprint density at radius 3 is 2.19 bits per heavy atom. The van der Waals surface area contributed by atoms with Gasteiger partial charge in [-0.05, 0) is 62.7 Å². The largest absolute Gasteiger partial charge is 0.300 e. The summed E-state index contributed by atoms with van der Waals surface area (Å²) in [5.74, 6) is 0. The van der Waals surface area contributed by atoms with E-state index in [1.165, 1.54) is 58.0 Å². The van der Waals surface area contributed by atoms with Crippen molar-refractivity contribution >= 4 is 0 Å². The Kier molecular flexibility index (Phi) is 9.09. The van der Waals surface area contributed by atoms with Crippen LogP contribution in [-0.4, -0.2) is 24.0 Å². The number of nitrogens with zero attached hydrogens (tertiary/aromatic N) is 1. The Balaban J connectivity index is 0.000000395. The highest BCUT2D eigenvalue weighted by Gasteiger charge is 2.24. The van der Waals surface area contributed by atoms with Crippen LogP contribution in [0.2, 0.25) is 0 Å². The molecule has 3 rings (SSSR count). The summed E-state index contributed by atoms with van der Waals surface area (Å²) >= 11 is 0. The minimum atomic E-state index is 0.825. The second kappa shape index (κ2) is 10.6. The van der Waals surface area contributed by atoms with Crippen LogP contribution in [0.15, 0.2) is 37.4 Å². The summed E-state index contributed by atoms with van der Waals surface area (Å²) < 4.78 is 0. The van der Waals surface area contributed by atoms with E-state index in [9.17, 15) is 0 Å². The summed E-state index contributed by atoms with van der Waals surface area (Å²) in [4.78, 5) is 2.72. The molecule has 0 saturated carbocycles. The molecule has 0 aromatic heterocycles. The first-order chi connectivity index (χ1) is 10.3. The highest BCUT2D eigenvalue weighted by Crippen LogP contribution is 2.25. The van der Waals surface area contributed by atoms with Crippen LogP contribution in [0.25, 0.3) is 0 Å². The molecule has 1 aromatic rings. The van der Waals surface area contributed by atoms with Gasteiger partial charge in [0.15, 0.2) is 0 Å². The Hall–Kier alpha value is -1.08. The number of fused-ring (bicyclic) bond motifs is 1. The first kappa shape index (κ1) is 18.0. The molecule has 0 bridgehead atoms. The highest BCUT2D eigenvalue weighted by molar-refractivity contribution is 5.29. The fourth-order valence-electron chi connectivity index (χ4n) is 3.30. The molecule has 1 heterocycles. The lowest BCUT2D eigenvalue weighted by molar-refractivity contribution is 0.229. The lowest BCUT2D eigenvalue weighted by atomic mass is 10.0. The van der Waals surface area contributed by atoms with Gasteiger partial charge in [-0.2, -0.15) is 0 Å². The van der Waals surface area contributed by atoms with Gasteiger partial charge in [0, 0.05) is 6.04 Å². The summed E-state index contributed by atoms with van der Waals surface area (Å²) in [6.45, 7) is 12.9. The van der Waals surface area contributed by atoms with Crippen LogP contribution in [-0.2, 0) is 12.8 Å². The van der Waals surface area contributed by atoms with E-state index < -0.39 is 0 Å². The second-order valence-corrected chi connectivity index (χ2v) is 5.97. The van der Waals surface area contributed by atoms with E-state index in [0.717, 1.165) is 6.04 Å². The van der Waals surface area contributed by atoms with Crippen molar-refractivity contribution in [3.8, 4) is 0 Å². The predicted molar refractivity (Wildman–Crippen MR) is 94.9 cm³/mol. The van der Waals surface area contributed by atoms with Gasteiger partial charge in [0.2, 0.25) is 0 Å². The number of aryl methyl sites for hydroxylation is 1. The van der Waals surface area contributed by atoms with E-state index in [2.05, 4.69) is 56.2 Å². The van der Waals surface area contributed by atoms with E-state index in [0.29, 0.717) is 0 Å². The Labute approximate surface area is 132 Å². The van der Waals surface area contributed by atoms with Crippen molar-refractivity contribution in [1.29, 1.82) is 0 Å². The van der Waals surface area contributed by atoms with Crippen molar-refractivity contribution in [1.82, 2.24) is 4.90 Å². The fourth-order valence-corrected chi connectivity index (χ4v) is 3.30. The SMILES string of the molecule is C=C.CCC.c1ccc2c(c1)CCC[C@H](N1CCCC1)C2. The van der Waals surface area contributed by atoms with Gasteiger partial charge in [0.1, 0.15) is 0 Å². The summed E-state index contributed by atoms with van der Waals surface area (Å²) in [6, 6.07) is 9.87. The van der Waals surface area contributed by atoms with Crippen molar-refractivity contribution < 1.29 is 0 Å². The molecule has 1 fully saturated rings. The molecule has 1 saturated heterocycles. The van der Waals surface area contributed by atoms with E-state index in [-0.39, 0.29) is 0 Å². The van der Waals surface area contributed by atoms with Crippen LogP contribution >= 0.6 is 0 Å². The average molecular weight is 287 g/mol. The predicted octanol–water partition coefficient (Wildman–Crippen LogP) is 5.25. The smallest absolute Gasteiger partial charge is 0.0136 e. The maximum atomic E-state index is 3.00. The van der Waals surface area contributed by atoms with Gasteiger partial charge in [-0.3, -0.25) is 0 Å². The van der Waals surface area contributed by atoms with Crippen LogP contribution < -0.4 is 0 Å². The molecular formula is C20H33N. The fraction of sp³-hybridized carbons (Fsp3) is 0.600. The lowest BCUT2D eigenvalue weighted by Crippen LogP contribution is -2.33. The molecule has 21 heavy (non-hydrogen) atoms. The molecule has 1 heteroatoms. The van der Waals surface area contributed by atoms with Crippen LogP contribution in [0.3, 0.4) is 0 Å². The summed E-state index contributed by atoms with van der Waals surface area (Å²) in [7, 11) is 0. The maximum Gasteiger partial charge on any atom is 0.0136 e. The van der Waals surface area contributed by atoms with Crippen molar-refractivity contribution in [2.24, 2.45) is 0 Å². The van der Waals surface area contributed by atoms with E-state index in [1.807, 2.05) is 0 Å². The number of hydrogen-bond acceptors (Lipinski definition) is 1. The van der Waals surface area contributed by atoms with Gasteiger partial charge < -0.3 is 4.90 Å². The minimum absolute atomic E-state index is 0.825. The molecule has 0 radical (unpaired) electrons. The summed E-state index contributed by atoms with van der Waals surface area (Å²) in [6.07, 6.45) is 9.43. The molecule has 1 aromatic carbocycles. The molecule has 1 atom stereocenters. The minimum Gasteiger partial charge on any atom is -0.300 e. The van der Waals surface area contributed by atoms with Gasteiger partial charge >= 0.3 is 0 Å². The van der Waals surface area contributed by atoms with Crippen LogP contribution in [0.1, 0.15) is 57.1 Å². The number of likely N-dealkylation sites (tertiary alicyclic amines) is 1. The highest BCUT2D eigenvalue weighted by atomic mass is 15.2. The molecular weight excluding hydrogens is 254 g/mol. The van der Waals surface area contributed by atoms with Gasteiger partial charge in [-0.1, -0.05) is 44.5 Å². The standard InChI is InChI=1S/C15H21N.C3H8.C2H4/c1-2-7-14-12-15(16-10-3-4-11-16)9-5-8-13(14)6-1;1-3-2;1-2/h1-2,6-7,15H,3-5,8-12H2;3H2,1-2H3;1-2H2/t15-;;/m0../s1. The summed E-state index contributed by atoms with van der Waals surface area (Å²) in [5.41, 5.74) is 3.21. The maximum absolute atomic E-state index is 3.00. The van der Waals surface area contributed by atoms with Crippen molar-refractivity contribution in [3.05, 3.63) is 48.6 Å². The number of benzene rings is 1. The molecule has 118 valence electrons. The van der Waals surface area contributed by atoms with Crippen LogP contribution in [0.4, 0.5) is 0 Å². The van der Waals surface area contributed by atoms with Crippen LogP contribution in [0, 0.1) is 0 Å². The van der Waals surface area contributed by atoms with E-state index in [4.69, 9.17) is 0 Å². The third-order valence-electron chi connectivity index (χ3n) is 4.21. The first-order valence-electron chi connectivity index (χ1n) is 8.66. The van der Waals surface area contributed by atoms with Crippen molar-refractivity contribution in [2.75, 3.05) is 13.1 Å². The molecule has 0 N–H and O–H groups in total. The lowest BCUT2D eigenvalue weighted by Gasteiger charge is -2.26. The van der Waals surface area contributed by atoms with Gasteiger partial charge in [-0.15, -0.1) is 13.2 Å². The Bertz CT molecular complexity index is 379. The third-order valence-corrected chi connectivity index (χ3v) is 4.21. The Morgan fingerprint density at radius 1 is 1.00 bits per heavy atom. The van der Waals surface area contributed by atoms with Crippen molar-refractivity contribution in [3.63, 3.8) is 0 Å². The molecule has 0 unspecified atom stereocenters. The van der Waals surface area contributed by atoms with E-state index >= 15 is 0 Å². The summed E-state index contributed by atoms with van der Waals surface area (Å²) in [5, 5.41) is 0. The molecule has 1 nitrogen and oxygen atoms in total. The van der Waals surface area contributed by atoms with Gasteiger partial charge in [0.25, 0.3) is 0 Å². The zero-order valence-corrected chi connectivity index (χ0v) is 14.1. The molecule has 0 spiro atoms. The zero-order valence-electron chi connectivity index (χ0n) is 14.1. The number of rotatable bonds is 1. The topological polar surface area (TPSA) is 3.24 Å². The monoisotopic (exact) mass is 287 g/mol. The quantitative estimate of drug-likeness (QED) is 0.504. The second-order valence-electron chi connectivity index (χ2n) is 5.97. The molecule has 0 amide bonds. The van der Waals surface area contributed by atoms with Gasteiger partial charge in [-0.25, -0.2) is 0 Å². The first-order valence-corrected chi connectivity index (χ1v) is 8.66. The van der Waals surface area contributed by atoms with Crippen molar-refractivity contribution in [2.45, 2.75) is 64.8 Å². The molecule has 1 aliphatic carbocycles. The average Bonchev–Trinajstić information content (AvgIpc) is 2.97. The molecule has 1 aliphatic heterocycles. The Morgan fingerprint density at radius 2 is 1.57 bits per heavy atom. The zero-order chi connectivity index (χ0) is 15.5. The van der Waals surface area contributed by atoms with Gasteiger partial charge in [0.05, 0.1) is 0 Å². The third kappa shape index (κ3) is 5.67. The molecule has 2 aliphatic rings. The van der Waals surface area contributed by atoms with Crippen LogP contribution in [0.5, 0.6) is 0 Å². The van der Waals surface area contributed by atoms with E-state index in [1.54, 1.807) is 11.1 Å². The normalized spacial score (nSPS) is 21.1.